The minimum atomic E-state index is 0.574. The molecule has 1 aliphatic rings. The van der Waals surface area contributed by atoms with Crippen molar-refractivity contribution in [1.82, 2.24) is 9.97 Å². The molecule has 0 unspecified atom stereocenters. The minimum Gasteiger partial charge on any atom is -0.488 e. The zero-order chi connectivity index (χ0) is 10.1. The second-order valence-electron chi connectivity index (χ2n) is 3.43. The van der Waals surface area contributed by atoms with Gasteiger partial charge in [-0.3, -0.25) is 0 Å². The van der Waals surface area contributed by atoms with E-state index in [1.165, 1.54) is 0 Å². The van der Waals surface area contributed by atoms with Gasteiger partial charge in [0.15, 0.2) is 0 Å². The maximum Gasteiger partial charge on any atom is 0.136 e. The molecule has 1 aromatic carbocycles. The van der Waals surface area contributed by atoms with E-state index in [4.69, 9.17) is 4.74 Å². The Balaban J connectivity index is 2.06. The summed E-state index contributed by atoms with van der Waals surface area (Å²) in [4.78, 5) is 7.29. The number of aromatic amines is 1. The molecule has 1 aromatic heterocycles. The van der Waals surface area contributed by atoms with Crippen molar-refractivity contribution in [3.8, 4) is 5.75 Å². The van der Waals surface area contributed by atoms with Gasteiger partial charge >= 0.3 is 0 Å². The Kier molecular flexibility index (Phi) is 1.81. The standard InChI is InChI=1S/C12H10N2O/c1-2-4-11-9(3-1)7-10(8-15-11)12-13-5-6-14-12/h1-7H,8H2,(H,13,14). The van der Waals surface area contributed by atoms with Crippen molar-refractivity contribution >= 4 is 11.6 Å². The Hall–Kier alpha value is -2.03. The number of nitrogens with zero attached hydrogens (tertiary/aromatic N) is 1. The lowest BCUT2D eigenvalue weighted by Crippen LogP contribution is -2.07. The molecule has 0 amide bonds. The maximum atomic E-state index is 5.63. The van der Waals surface area contributed by atoms with Crippen molar-refractivity contribution in [3.05, 3.63) is 48.0 Å². The van der Waals surface area contributed by atoms with Crippen LogP contribution in [-0.2, 0) is 0 Å². The van der Waals surface area contributed by atoms with Crippen LogP contribution in [0.5, 0.6) is 5.75 Å². The second kappa shape index (κ2) is 3.28. The third kappa shape index (κ3) is 1.42. The number of nitrogens with one attached hydrogen (secondary N) is 1. The number of aromatic nitrogens is 2. The molecule has 0 radical (unpaired) electrons. The van der Waals surface area contributed by atoms with E-state index in [0.29, 0.717) is 6.61 Å². The first-order valence-corrected chi connectivity index (χ1v) is 4.85. The number of benzene rings is 1. The van der Waals surface area contributed by atoms with Gasteiger partial charge in [0.25, 0.3) is 0 Å². The van der Waals surface area contributed by atoms with E-state index in [1.54, 1.807) is 6.20 Å². The van der Waals surface area contributed by atoms with Gasteiger partial charge in [0.05, 0.1) is 0 Å². The van der Waals surface area contributed by atoms with Crippen molar-refractivity contribution in [1.29, 1.82) is 0 Å². The highest BCUT2D eigenvalue weighted by Gasteiger charge is 2.13. The van der Waals surface area contributed by atoms with Crippen molar-refractivity contribution in [2.45, 2.75) is 0 Å². The topological polar surface area (TPSA) is 37.9 Å². The normalized spacial score (nSPS) is 14.0. The van der Waals surface area contributed by atoms with Crippen molar-refractivity contribution < 1.29 is 4.74 Å². The van der Waals surface area contributed by atoms with E-state index in [1.807, 2.05) is 30.5 Å². The van der Waals surface area contributed by atoms with Crippen molar-refractivity contribution in [2.24, 2.45) is 0 Å². The van der Waals surface area contributed by atoms with Gasteiger partial charge in [-0.05, 0) is 12.1 Å². The van der Waals surface area contributed by atoms with Gasteiger partial charge in [-0.2, -0.15) is 0 Å². The predicted molar refractivity (Wildman–Crippen MR) is 58.4 cm³/mol. The Morgan fingerprint density at radius 3 is 3.07 bits per heavy atom. The molecule has 0 bridgehead atoms. The summed E-state index contributed by atoms with van der Waals surface area (Å²) in [6, 6.07) is 8.00. The number of ether oxygens (including phenoxy) is 1. The zero-order valence-corrected chi connectivity index (χ0v) is 8.10. The molecule has 1 N–H and O–H groups in total. The molecule has 3 heteroatoms. The van der Waals surface area contributed by atoms with Gasteiger partial charge in [-0.1, -0.05) is 18.2 Å². The first-order chi connectivity index (χ1) is 7.43. The molecule has 0 saturated carbocycles. The fourth-order valence-corrected chi connectivity index (χ4v) is 1.69. The Labute approximate surface area is 87.4 Å². The molecule has 3 rings (SSSR count). The molecule has 1 aliphatic heterocycles. The van der Waals surface area contributed by atoms with Crippen LogP contribution in [0.4, 0.5) is 0 Å². The number of fused-ring (bicyclic) bond motifs is 1. The third-order valence-corrected chi connectivity index (χ3v) is 2.43. The van der Waals surface area contributed by atoms with E-state index in [0.717, 1.165) is 22.7 Å². The minimum absolute atomic E-state index is 0.574. The molecule has 0 fully saturated rings. The first-order valence-electron chi connectivity index (χ1n) is 4.85. The zero-order valence-electron chi connectivity index (χ0n) is 8.10. The van der Waals surface area contributed by atoms with Crippen LogP contribution < -0.4 is 4.74 Å². The van der Waals surface area contributed by atoms with Crippen LogP contribution in [0, 0.1) is 0 Å². The van der Waals surface area contributed by atoms with Gasteiger partial charge in [0.2, 0.25) is 0 Å². The van der Waals surface area contributed by atoms with Crippen LogP contribution in [0.3, 0.4) is 0 Å². The lowest BCUT2D eigenvalue weighted by Gasteiger charge is -2.16. The molecular formula is C12H10N2O. The average Bonchev–Trinajstić information content (AvgIpc) is 2.82. The molecule has 15 heavy (non-hydrogen) atoms. The highest BCUT2D eigenvalue weighted by Crippen LogP contribution is 2.28. The average molecular weight is 198 g/mol. The SMILES string of the molecule is C1=C(c2ncc[nH]2)COc2ccccc21. The van der Waals surface area contributed by atoms with Crippen molar-refractivity contribution in [3.63, 3.8) is 0 Å². The summed E-state index contributed by atoms with van der Waals surface area (Å²) >= 11 is 0. The molecule has 3 nitrogen and oxygen atoms in total. The molecule has 0 spiro atoms. The van der Waals surface area contributed by atoms with Crippen LogP contribution >= 0.6 is 0 Å². The van der Waals surface area contributed by atoms with Gasteiger partial charge in [-0.15, -0.1) is 0 Å². The number of hydrogen-bond donors (Lipinski definition) is 1. The lowest BCUT2D eigenvalue weighted by molar-refractivity contribution is 0.365. The van der Waals surface area contributed by atoms with Crippen LogP contribution in [-0.4, -0.2) is 16.6 Å². The van der Waals surface area contributed by atoms with E-state index in [-0.39, 0.29) is 0 Å². The largest absolute Gasteiger partial charge is 0.488 e. The summed E-state index contributed by atoms with van der Waals surface area (Å²) < 4.78 is 5.63. The predicted octanol–water partition coefficient (Wildman–Crippen LogP) is 2.34. The van der Waals surface area contributed by atoms with E-state index in [2.05, 4.69) is 16.0 Å². The van der Waals surface area contributed by atoms with Crippen LogP contribution in [0.2, 0.25) is 0 Å². The van der Waals surface area contributed by atoms with Crippen LogP contribution in [0.15, 0.2) is 36.7 Å². The number of hydrogen-bond acceptors (Lipinski definition) is 2. The molecule has 0 atom stereocenters. The Morgan fingerprint density at radius 1 is 1.27 bits per heavy atom. The summed E-state index contributed by atoms with van der Waals surface area (Å²) in [5.74, 6) is 1.82. The molecule has 2 aromatic rings. The third-order valence-electron chi connectivity index (χ3n) is 2.43. The van der Waals surface area contributed by atoms with E-state index < -0.39 is 0 Å². The molecule has 74 valence electrons. The van der Waals surface area contributed by atoms with Crippen LogP contribution in [0.1, 0.15) is 11.4 Å². The summed E-state index contributed by atoms with van der Waals surface area (Å²) in [6.45, 7) is 0.574. The fourth-order valence-electron chi connectivity index (χ4n) is 1.69. The Morgan fingerprint density at radius 2 is 2.20 bits per heavy atom. The van der Waals surface area contributed by atoms with Gasteiger partial charge in [0.1, 0.15) is 18.2 Å². The van der Waals surface area contributed by atoms with Crippen molar-refractivity contribution in [2.75, 3.05) is 6.61 Å². The van der Waals surface area contributed by atoms with Gasteiger partial charge in [0, 0.05) is 23.5 Å². The van der Waals surface area contributed by atoms with Gasteiger partial charge in [-0.25, -0.2) is 4.98 Å². The quantitative estimate of drug-likeness (QED) is 0.763. The van der Waals surface area contributed by atoms with Crippen LogP contribution in [0.25, 0.3) is 11.6 Å². The number of H-pyrrole nitrogens is 1. The summed E-state index contributed by atoms with van der Waals surface area (Å²) in [5, 5.41) is 0. The highest BCUT2D eigenvalue weighted by atomic mass is 16.5. The molecule has 2 heterocycles. The summed E-state index contributed by atoms with van der Waals surface area (Å²) in [7, 11) is 0. The maximum absolute atomic E-state index is 5.63. The number of imidazole rings is 1. The molecule has 0 saturated heterocycles. The smallest absolute Gasteiger partial charge is 0.136 e. The Bertz CT molecular complexity index is 500. The summed E-state index contributed by atoms with van der Waals surface area (Å²) in [6.07, 6.45) is 5.67. The van der Waals surface area contributed by atoms with E-state index >= 15 is 0 Å². The monoisotopic (exact) mass is 198 g/mol. The number of para-hydroxylation sites is 1. The van der Waals surface area contributed by atoms with E-state index in [9.17, 15) is 0 Å². The second-order valence-corrected chi connectivity index (χ2v) is 3.43. The lowest BCUT2D eigenvalue weighted by atomic mass is 10.1. The molecule has 0 aliphatic carbocycles. The first kappa shape index (κ1) is 8.29. The number of rotatable bonds is 1. The summed E-state index contributed by atoms with van der Waals surface area (Å²) in [5.41, 5.74) is 2.19. The van der Waals surface area contributed by atoms with Gasteiger partial charge < -0.3 is 9.72 Å². The molecular weight excluding hydrogens is 188 g/mol. The highest BCUT2D eigenvalue weighted by molar-refractivity contribution is 5.83. The fraction of sp³-hybridized carbons (Fsp3) is 0.0833.